The maximum Gasteiger partial charge on any atom is 0.251 e. The molecular weight excluding hydrogens is 415 g/mol. The molecule has 0 saturated carbocycles. The van der Waals surface area contributed by atoms with Gasteiger partial charge in [0.25, 0.3) is 5.91 Å². The summed E-state index contributed by atoms with van der Waals surface area (Å²) in [6, 6.07) is 22.6. The van der Waals surface area contributed by atoms with Crippen LogP contribution in [0.1, 0.15) is 15.9 Å². The van der Waals surface area contributed by atoms with E-state index >= 15 is 0 Å². The van der Waals surface area contributed by atoms with Gasteiger partial charge in [0.15, 0.2) is 0 Å². The first-order valence-electron chi connectivity index (χ1n) is 9.75. The van der Waals surface area contributed by atoms with Gasteiger partial charge in [-0.25, -0.2) is 9.07 Å². The number of nitrogens with zero attached hydrogens (tertiary/aromatic N) is 2. The largest absolute Gasteiger partial charge is 0.384 e. The number of aromatic nitrogens is 2. The van der Waals surface area contributed by atoms with Crippen molar-refractivity contribution in [2.24, 2.45) is 0 Å². The molecule has 31 heavy (non-hydrogen) atoms. The van der Waals surface area contributed by atoms with E-state index in [-0.39, 0.29) is 11.7 Å². The van der Waals surface area contributed by atoms with Crippen molar-refractivity contribution < 1.29 is 9.18 Å². The Hall–Kier alpha value is -3.64. The molecule has 1 heterocycles. The van der Waals surface area contributed by atoms with Gasteiger partial charge in [0.1, 0.15) is 11.6 Å². The first-order valence-corrected chi connectivity index (χ1v) is 10.1. The van der Waals surface area contributed by atoms with Gasteiger partial charge in [0, 0.05) is 28.8 Å². The summed E-state index contributed by atoms with van der Waals surface area (Å²) in [5, 5.41) is 7.99. The van der Waals surface area contributed by atoms with E-state index in [9.17, 15) is 9.18 Å². The van der Waals surface area contributed by atoms with Gasteiger partial charge in [0.2, 0.25) is 0 Å². The van der Waals surface area contributed by atoms with Crippen LogP contribution < -0.4 is 11.1 Å². The quantitative estimate of drug-likeness (QED) is 0.454. The van der Waals surface area contributed by atoms with Crippen LogP contribution in [-0.4, -0.2) is 22.2 Å². The number of nitrogen functional groups attached to an aromatic ring is 1. The lowest BCUT2D eigenvalue weighted by molar-refractivity contribution is 0.0954. The molecule has 0 unspecified atom stereocenters. The van der Waals surface area contributed by atoms with E-state index in [1.54, 1.807) is 59.3 Å². The molecule has 156 valence electrons. The molecular formula is C24H20ClFN4O. The molecule has 7 heteroatoms. The lowest BCUT2D eigenvalue weighted by Crippen LogP contribution is -2.25. The van der Waals surface area contributed by atoms with E-state index in [4.69, 9.17) is 17.3 Å². The number of nitrogens with two attached hydrogens (primary N) is 1. The number of nitrogens with one attached hydrogen (secondary N) is 1. The van der Waals surface area contributed by atoms with Crippen molar-refractivity contribution in [2.45, 2.75) is 6.42 Å². The van der Waals surface area contributed by atoms with Gasteiger partial charge < -0.3 is 11.1 Å². The molecule has 3 N–H and O–H groups in total. The number of benzene rings is 3. The summed E-state index contributed by atoms with van der Waals surface area (Å²) in [6.07, 6.45) is 0.423. The molecule has 5 nitrogen and oxygen atoms in total. The minimum absolute atomic E-state index is 0.226. The molecule has 4 aromatic rings. The molecule has 1 aromatic heterocycles. The summed E-state index contributed by atoms with van der Waals surface area (Å²) in [5.74, 6) is -0.0249. The molecule has 4 rings (SSSR count). The maximum absolute atomic E-state index is 13.7. The van der Waals surface area contributed by atoms with E-state index in [1.165, 1.54) is 6.07 Å². The van der Waals surface area contributed by atoms with Gasteiger partial charge >= 0.3 is 0 Å². The second-order valence-electron chi connectivity index (χ2n) is 7.02. The second kappa shape index (κ2) is 9.02. The summed E-state index contributed by atoms with van der Waals surface area (Å²) in [6.45, 7) is 0.344. The topological polar surface area (TPSA) is 72.9 Å². The van der Waals surface area contributed by atoms with E-state index in [1.807, 2.05) is 18.2 Å². The van der Waals surface area contributed by atoms with E-state index < -0.39 is 0 Å². The van der Waals surface area contributed by atoms with Crippen molar-refractivity contribution in [1.29, 1.82) is 0 Å². The summed E-state index contributed by atoms with van der Waals surface area (Å²) >= 11 is 6.06. The number of hydrogen-bond donors (Lipinski definition) is 2. The Balaban J connectivity index is 1.43. The predicted molar refractivity (Wildman–Crippen MR) is 121 cm³/mol. The van der Waals surface area contributed by atoms with Crippen LogP contribution >= 0.6 is 11.6 Å². The summed E-state index contributed by atoms with van der Waals surface area (Å²) < 4.78 is 15.3. The maximum atomic E-state index is 13.7. The molecule has 0 atom stereocenters. The zero-order valence-corrected chi connectivity index (χ0v) is 17.3. The van der Waals surface area contributed by atoms with Crippen LogP contribution in [0.15, 0.2) is 78.9 Å². The first-order chi connectivity index (χ1) is 15.0. The lowest BCUT2D eigenvalue weighted by Gasteiger charge is -2.08. The molecule has 1 amide bonds. The Kier molecular flexibility index (Phi) is 6.00. The molecule has 0 radical (unpaired) electrons. The molecule has 0 saturated heterocycles. The third-order valence-corrected chi connectivity index (χ3v) is 5.10. The third kappa shape index (κ3) is 4.75. The van der Waals surface area contributed by atoms with Crippen molar-refractivity contribution in [3.8, 4) is 16.9 Å². The standard InChI is InChI=1S/C24H20ClFN4O/c25-19-6-3-5-18(14-19)22-15-23(27)30(29-22)20-10-8-17(9-11-20)24(31)28-13-12-16-4-1-2-7-21(16)26/h1-11,14-15H,12-13,27H2,(H,28,31). The minimum Gasteiger partial charge on any atom is -0.384 e. The van der Waals surface area contributed by atoms with Crippen LogP contribution in [0.3, 0.4) is 0 Å². The SMILES string of the molecule is Nc1cc(-c2cccc(Cl)c2)nn1-c1ccc(C(=O)NCCc2ccccc2F)cc1. The minimum atomic E-state index is -0.268. The zero-order chi connectivity index (χ0) is 21.8. The average molecular weight is 435 g/mol. The smallest absolute Gasteiger partial charge is 0.251 e. The highest BCUT2D eigenvalue weighted by Crippen LogP contribution is 2.25. The van der Waals surface area contributed by atoms with Crippen molar-refractivity contribution in [3.63, 3.8) is 0 Å². The number of amides is 1. The third-order valence-electron chi connectivity index (χ3n) is 4.87. The van der Waals surface area contributed by atoms with Gasteiger partial charge in [-0.1, -0.05) is 41.9 Å². The molecule has 0 fully saturated rings. The summed E-state index contributed by atoms with van der Waals surface area (Å²) in [5.41, 5.74) is 9.51. The summed E-state index contributed by atoms with van der Waals surface area (Å²) in [4.78, 5) is 12.4. The average Bonchev–Trinajstić information content (AvgIpc) is 3.17. The predicted octanol–water partition coefficient (Wildman–Crippen LogP) is 4.89. The van der Waals surface area contributed by atoms with Gasteiger partial charge in [0.05, 0.1) is 11.4 Å². The van der Waals surface area contributed by atoms with E-state index in [0.717, 1.165) is 11.3 Å². The van der Waals surface area contributed by atoms with Crippen LogP contribution in [0, 0.1) is 5.82 Å². The summed E-state index contributed by atoms with van der Waals surface area (Å²) in [7, 11) is 0. The van der Waals surface area contributed by atoms with E-state index in [2.05, 4.69) is 10.4 Å². The molecule has 3 aromatic carbocycles. The Morgan fingerprint density at radius 2 is 1.81 bits per heavy atom. The highest BCUT2D eigenvalue weighted by molar-refractivity contribution is 6.30. The Labute approximate surface area is 184 Å². The second-order valence-corrected chi connectivity index (χ2v) is 7.46. The highest BCUT2D eigenvalue weighted by Gasteiger charge is 2.11. The van der Waals surface area contributed by atoms with E-state index in [0.29, 0.717) is 40.6 Å². The Morgan fingerprint density at radius 3 is 2.55 bits per heavy atom. The van der Waals surface area contributed by atoms with Crippen LogP contribution in [0.5, 0.6) is 0 Å². The van der Waals surface area contributed by atoms with Crippen LogP contribution in [-0.2, 0) is 6.42 Å². The molecule has 0 spiro atoms. The molecule has 0 aliphatic carbocycles. The number of rotatable bonds is 6. The Morgan fingerprint density at radius 1 is 1.03 bits per heavy atom. The van der Waals surface area contributed by atoms with Crippen molar-refractivity contribution in [3.05, 3.63) is 101 Å². The number of anilines is 1. The van der Waals surface area contributed by atoms with Gasteiger partial charge in [-0.15, -0.1) is 0 Å². The lowest BCUT2D eigenvalue weighted by atomic mass is 10.1. The van der Waals surface area contributed by atoms with Crippen molar-refractivity contribution >= 4 is 23.3 Å². The molecule has 0 bridgehead atoms. The van der Waals surface area contributed by atoms with Gasteiger partial charge in [-0.05, 0) is 54.4 Å². The number of halogens is 2. The number of carbonyl (C=O) groups is 1. The fraction of sp³-hybridized carbons (Fsp3) is 0.0833. The molecule has 0 aliphatic rings. The Bertz CT molecular complexity index is 1220. The van der Waals surface area contributed by atoms with Crippen LogP contribution in [0.25, 0.3) is 16.9 Å². The molecule has 0 aliphatic heterocycles. The van der Waals surface area contributed by atoms with Crippen molar-refractivity contribution in [2.75, 3.05) is 12.3 Å². The number of hydrogen-bond acceptors (Lipinski definition) is 3. The monoisotopic (exact) mass is 434 g/mol. The normalized spacial score (nSPS) is 10.8. The van der Waals surface area contributed by atoms with Crippen LogP contribution in [0.2, 0.25) is 5.02 Å². The van der Waals surface area contributed by atoms with Gasteiger partial charge in [-0.3, -0.25) is 4.79 Å². The fourth-order valence-electron chi connectivity index (χ4n) is 3.26. The highest BCUT2D eigenvalue weighted by atomic mass is 35.5. The fourth-order valence-corrected chi connectivity index (χ4v) is 3.45. The van der Waals surface area contributed by atoms with Crippen molar-refractivity contribution in [1.82, 2.24) is 15.1 Å². The zero-order valence-electron chi connectivity index (χ0n) is 16.6. The van der Waals surface area contributed by atoms with Gasteiger partial charge in [-0.2, -0.15) is 5.10 Å². The first kappa shape index (κ1) is 20.6. The number of carbonyl (C=O) groups excluding carboxylic acids is 1. The van der Waals surface area contributed by atoms with Crippen LogP contribution in [0.4, 0.5) is 10.2 Å².